The second-order valence-corrected chi connectivity index (χ2v) is 10.2. The molecule has 1 saturated heterocycles. The van der Waals surface area contributed by atoms with Gasteiger partial charge in [-0.05, 0) is 62.0 Å². The number of nitro groups is 2. The molecule has 1 fully saturated rings. The smallest absolute Gasteiger partial charge is 0.338 e. The molecule has 0 bridgehead atoms. The van der Waals surface area contributed by atoms with Gasteiger partial charge in [0, 0.05) is 35.4 Å². The van der Waals surface area contributed by atoms with Crippen LogP contribution in [0.5, 0.6) is 11.5 Å². The summed E-state index contributed by atoms with van der Waals surface area (Å²) in [7, 11) is 0. The Labute approximate surface area is 229 Å². The molecule has 11 nitrogen and oxygen atoms in total. The summed E-state index contributed by atoms with van der Waals surface area (Å²) in [6, 6.07) is 15.7. The van der Waals surface area contributed by atoms with Crippen LogP contribution in [0.2, 0.25) is 0 Å². The van der Waals surface area contributed by atoms with Crippen LogP contribution < -0.4 is 9.47 Å². The number of esters is 1. The number of piperidine rings is 1. The maximum absolute atomic E-state index is 13.1. The molecule has 1 aliphatic carbocycles. The Kier molecular flexibility index (Phi) is 6.81. The van der Waals surface area contributed by atoms with Gasteiger partial charge in [-0.25, -0.2) is 4.79 Å². The zero-order chi connectivity index (χ0) is 27.8. The number of rotatable bonds is 6. The van der Waals surface area contributed by atoms with Gasteiger partial charge in [-0.2, -0.15) is 0 Å². The van der Waals surface area contributed by atoms with Gasteiger partial charge in [0.25, 0.3) is 11.4 Å². The lowest BCUT2D eigenvalue weighted by Gasteiger charge is -2.39. The van der Waals surface area contributed by atoms with E-state index in [-0.39, 0.29) is 23.0 Å². The number of nitrogens with zero attached hydrogens (tertiary/aromatic N) is 3. The van der Waals surface area contributed by atoms with Crippen molar-refractivity contribution >= 4 is 17.3 Å². The third-order valence-corrected chi connectivity index (χ3v) is 8.01. The normalized spacial score (nSPS) is 20.5. The number of benzene rings is 3. The number of ether oxygens (including phenoxy) is 3. The Morgan fingerprint density at radius 3 is 2.30 bits per heavy atom. The standard InChI is InChI=1S/C29H27N3O8/c33-29(19-4-7-21(8-5-19)31(34)35)40-27-24-17-22(32(36)37)9-6-20(24)16-25(27)30-12-10-18(11-13-30)23-2-1-3-26-28(23)39-15-14-38-26/h1-9,17-18,25,27H,10-16H2/t25-,27-/m1/s1. The molecule has 11 heteroatoms. The van der Waals surface area contributed by atoms with Crippen LogP contribution in [0.15, 0.2) is 60.7 Å². The van der Waals surface area contributed by atoms with E-state index in [1.807, 2.05) is 12.1 Å². The summed E-state index contributed by atoms with van der Waals surface area (Å²) >= 11 is 0. The van der Waals surface area contributed by atoms with Gasteiger partial charge in [0.2, 0.25) is 0 Å². The lowest BCUT2D eigenvalue weighted by molar-refractivity contribution is -0.385. The quantitative estimate of drug-likeness (QED) is 0.239. The van der Waals surface area contributed by atoms with Gasteiger partial charge < -0.3 is 14.2 Å². The second kappa shape index (κ2) is 10.6. The summed E-state index contributed by atoms with van der Waals surface area (Å²) in [6.07, 6.45) is 1.62. The Balaban J connectivity index is 1.23. The van der Waals surface area contributed by atoms with Crippen LogP contribution >= 0.6 is 0 Å². The Hall–Kier alpha value is -4.51. The molecule has 0 spiro atoms. The number of hydrogen-bond donors (Lipinski definition) is 0. The molecule has 40 heavy (non-hydrogen) atoms. The molecule has 3 aliphatic rings. The van der Waals surface area contributed by atoms with Crippen molar-refractivity contribution in [2.24, 2.45) is 0 Å². The Bertz CT molecular complexity index is 1470. The molecule has 0 radical (unpaired) electrons. The molecule has 3 aromatic rings. The third kappa shape index (κ3) is 4.84. The summed E-state index contributed by atoms with van der Waals surface area (Å²) in [5, 5.41) is 22.5. The molecule has 0 amide bonds. The van der Waals surface area contributed by atoms with Crippen molar-refractivity contribution in [3.8, 4) is 11.5 Å². The van der Waals surface area contributed by atoms with Crippen LogP contribution in [0.1, 0.15) is 51.9 Å². The SMILES string of the molecule is O=C(O[C@@H]1c2cc([N+](=O)[O-])ccc2C[C@H]1N1CCC(c2cccc3c2OCCO3)CC1)c1ccc([N+](=O)[O-])cc1. The van der Waals surface area contributed by atoms with Gasteiger partial charge in [-0.15, -0.1) is 0 Å². The van der Waals surface area contributed by atoms with E-state index in [9.17, 15) is 25.0 Å². The van der Waals surface area contributed by atoms with Crippen LogP contribution in [0, 0.1) is 20.2 Å². The number of likely N-dealkylation sites (tertiary alicyclic amines) is 1. The molecule has 0 unspecified atom stereocenters. The number of non-ortho nitro benzene ring substituents is 2. The van der Waals surface area contributed by atoms with Crippen LogP contribution in [0.4, 0.5) is 11.4 Å². The highest BCUT2D eigenvalue weighted by Gasteiger charge is 2.41. The largest absolute Gasteiger partial charge is 0.486 e. The molecule has 2 aliphatic heterocycles. The second-order valence-electron chi connectivity index (χ2n) is 10.2. The highest BCUT2D eigenvalue weighted by Crippen LogP contribution is 2.44. The number of para-hydroxylation sites is 1. The molecule has 0 saturated carbocycles. The van der Waals surface area contributed by atoms with Crippen LogP contribution in [-0.4, -0.2) is 53.1 Å². The monoisotopic (exact) mass is 545 g/mol. The first-order valence-electron chi connectivity index (χ1n) is 13.2. The van der Waals surface area contributed by atoms with E-state index in [2.05, 4.69) is 11.0 Å². The molecular weight excluding hydrogens is 518 g/mol. The molecule has 2 heterocycles. The van der Waals surface area contributed by atoms with E-state index < -0.39 is 21.9 Å². The molecule has 2 atom stereocenters. The van der Waals surface area contributed by atoms with E-state index in [0.29, 0.717) is 31.1 Å². The summed E-state index contributed by atoms with van der Waals surface area (Å²) < 4.78 is 17.7. The van der Waals surface area contributed by atoms with Gasteiger partial charge in [0.15, 0.2) is 11.5 Å². The highest BCUT2D eigenvalue weighted by atomic mass is 16.6. The van der Waals surface area contributed by atoms with Crippen LogP contribution in [0.3, 0.4) is 0 Å². The van der Waals surface area contributed by atoms with Gasteiger partial charge in [0.1, 0.15) is 19.3 Å². The average Bonchev–Trinajstić information content (AvgIpc) is 3.34. The van der Waals surface area contributed by atoms with Crippen molar-refractivity contribution < 1.29 is 28.9 Å². The topological polar surface area (TPSA) is 134 Å². The number of nitro benzene ring substituents is 2. The first kappa shape index (κ1) is 25.8. The number of fused-ring (bicyclic) bond motifs is 2. The first-order chi connectivity index (χ1) is 19.4. The zero-order valence-electron chi connectivity index (χ0n) is 21.6. The maximum atomic E-state index is 13.1. The van der Waals surface area contributed by atoms with Gasteiger partial charge in [0.05, 0.1) is 21.5 Å². The molecule has 0 N–H and O–H groups in total. The minimum absolute atomic E-state index is 0.0643. The molecule has 0 aromatic heterocycles. The van der Waals surface area contributed by atoms with Gasteiger partial charge >= 0.3 is 5.97 Å². The van der Waals surface area contributed by atoms with Crippen molar-refractivity contribution in [3.05, 3.63) is 103 Å². The number of hydrogen-bond acceptors (Lipinski definition) is 9. The van der Waals surface area contributed by atoms with E-state index in [4.69, 9.17) is 14.2 Å². The van der Waals surface area contributed by atoms with Crippen molar-refractivity contribution in [2.45, 2.75) is 37.3 Å². The third-order valence-electron chi connectivity index (χ3n) is 8.01. The van der Waals surface area contributed by atoms with Crippen molar-refractivity contribution in [3.63, 3.8) is 0 Å². The maximum Gasteiger partial charge on any atom is 0.338 e. The molecule has 6 rings (SSSR count). The molecular formula is C29H27N3O8. The summed E-state index contributed by atoms with van der Waals surface area (Å²) in [5.74, 6) is 1.26. The molecule has 3 aromatic carbocycles. The van der Waals surface area contributed by atoms with Gasteiger partial charge in [-0.3, -0.25) is 25.1 Å². The lowest BCUT2D eigenvalue weighted by Crippen LogP contribution is -2.44. The lowest BCUT2D eigenvalue weighted by atomic mass is 9.87. The van der Waals surface area contributed by atoms with Crippen LogP contribution in [0.25, 0.3) is 0 Å². The van der Waals surface area contributed by atoms with E-state index in [1.165, 1.54) is 36.4 Å². The zero-order valence-corrected chi connectivity index (χ0v) is 21.6. The minimum Gasteiger partial charge on any atom is -0.486 e. The van der Waals surface area contributed by atoms with E-state index >= 15 is 0 Å². The van der Waals surface area contributed by atoms with Gasteiger partial charge in [-0.1, -0.05) is 18.2 Å². The summed E-state index contributed by atoms with van der Waals surface area (Å²) in [4.78, 5) is 37.0. The van der Waals surface area contributed by atoms with Crippen molar-refractivity contribution in [1.29, 1.82) is 0 Å². The predicted octanol–water partition coefficient (Wildman–Crippen LogP) is 4.98. The van der Waals surface area contributed by atoms with Crippen LogP contribution in [-0.2, 0) is 11.2 Å². The number of carbonyl (C=O) groups excluding carboxylic acids is 1. The number of carbonyl (C=O) groups is 1. The average molecular weight is 546 g/mol. The Morgan fingerprint density at radius 1 is 0.875 bits per heavy atom. The fourth-order valence-corrected chi connectivity index (χ4v) is 6.01. The van der Waals surface area contributed by atoms with Crippen molar-refractivity contribution in [2.75, 3.05) is 26.3 Å². The summed E-state index contributed by atoms with van der Waals surface area (Å²) in [6.45, 7) is 2.56. The fourth-order valence-electron chi connectivity index (χ4n) is 6.01. The minimum atomic E-state index is -0.713. The molecule has 206 valence electrons. The van der Waals surface area contributed by atoms with E-state index in [1.54, 1.807) is 6.07 Å². The van der Waals surface area contributed by atoms with E-state index in [0.717, 1.165) is 48.6 Å². The van der Waals surface area contributed by atoms with Crippen molar-refractivity contribution in [1.82, 2.24) is 4.90 Å². The summed E-state index contributed by atoms with van der Waals surface area (Å²) in [5.41, 5.74) is 2.66. The highest BCUT2D eigenvalue weighted by molar-refractivity contribution is 5.90. The predicted molar refractivity (Wildman–Crippen MR) is 143 cm³/mol. The Morgan fingerprint density at radius 2 is 1.57 bits per heavy atom. The fraction of sp³-hybridized carbons (Fsp3) is 0.345. The first-order valence-corrected chi connectivity index (χ1v) is 13.2.